The summed E-state index contributed by atoms with van der Waals surface area (Å²) in [7, 11) is 0. The zero-order chi connectivity index (χ0) is 11.1. The highest BCUT2D eigenvalue weighted by atomic mass is 16.1. The summed E-state index contributed by atoms with van der Waals surface area (Å²) >= 11 is 0. The Labute approximate surface area is 91.9 Å². The van der Waals surface area contributed by atoms with Crippen LogP contribution in [0.3, 0.4) is 0 Å². The third-order valence-corrected chi connectivity index (χ3v) is 2.79. The van der Waals surface area contributed by atoms with Crippen LogP contribution in [0.15, 0.2) is 12.2 Å². The highest BCUT2D eigenvalue weighted by Crippen LogP contribution is 2.36. The van der Waals surface area contributed by atoms with Crippen LogP contribution in [0.2, 0.25) is 0 Å². The van der Waals surface area contributed by atoms with Gasteiger partial charge in [0.15, 0.2) is 5.78 Å². The topological polar surface area (TPSA) is 17.1 Å². The summed E-state index contributed by atoms with van der Waals surface area (Å²) in [5, 5.41) is 0. The number of hydrogen-bond donors (Lipinski definition) is 0. The van der Waals surface area contributed by atoms with Gasteiger partial charge >= 0.3 is 0 Å². The predicted molar refractivity (Wildman–Crippen MR) is 61.9 cm³/mol. The van der Waals surface area contributed by atoms with Gasteiger partial charge in [-0.2, -0.15) is 0 Å². The van der Waals surface area contributed by atoms with Crippen molar-refractivity contribution in [1.29, 1.82) is 0 Å². The number of allylic oxidation sites excluding steroid dienone is 2. The Bertz CT molecular complexity index is 357. The summed E-state index contributed by atoms with van der Waals surface area (Å²) < 4.78 is 0. The molecule has 0 unspecified atom stereocenters. The number of carbonyl (C=O) groups is 1. The number of hydrogen-bond acceptors (Lipinski definition) is 1. The maximum atomic E-state index is 11.9. The number of ketones is 1. The second-order valence-corrected chi connectivity index (χ2v) is 3.79. The third kappa shape index (κ3) is 2.74. The van der Waals surface area contributed by atoms with Crippen molar-refractivity contribution >= 4 is 5.78 Å². The molecule has 1 aliphatic rings. The van der Waals surface area contributed by atoms with Gasteiger partial charge in [0.05, 0.1) is 5.41 Å². The highest BCUT2D eigenvalue weighted by molar-refractivity contribution is 5.96. The van der Waals surface area contributed by atoms with Gasteiger partial charge in [0.1, 0.15) is 0 Å². The minimum atomic E-state index is -0.333. The first-order valence-electron chi connectivity index (χ1n) is 5.25. The van der Waals surface area contributed by atoms with Crippen molar-refractivity contribution < 1.29 is 4.79 Å². The summed E-state index contributed by atoms with van der Waals surface area (Å²) in [5.41, 5.74) is -0.333. The summed E-state index contributed by atoms with van der Waals surface area (Å²) in [6.07, 6.45) is 6.76. The largest absolute Gasteiger partial charge is 0.294 e. The van der Waals surface area contributed by atoms with E-state index in [1.165, 1.54) is 0 Å². The van der Waals surface area contributed by atoms with E-state index < -0.39 is 0 Å². The van der Waals surface area contributed by atoms with Crippen LogP contribution in [0.25, 0.3) is 0 Å². The predicted octanol–water partition coefficient (Wildman–Crippen LogP) is 2.72. The molecule has 0 heterocycles. The van der Waals surface area contributed by atoms with E-state index in [1.54, 1.807) is 6.08 Å². The molecular formula is C14H16O. The van der Waals surface area contributed by atoms with Gasteiger partial charge in [-0.1, -0.05) is 6.08 Å². The van der Waals surface area contributed by atoms with Crippen LogP contribution in [-0.2, 0) is 4.79 Å². The molecule has 0 N–H and O–H groups in total. The van der Waals surface area contributed by atoms with Crippen LogP contribution in [0, 0.1) is 29.1 Å². The lowest BCUT2D eigenvalue weighted by Crippen LogP contribution is -2.31. The van der Waals surface area contributed by atoms with E-state index >= 15 is 0 Å². The van der Waals surface area contributed by atoms with E-state index in [2.05, 4.69) is 23.7 Å². The Balaban J connectivity index is 2.90. The molecule has 1 rings (SSSR count). The van der Waals surface area contributed by atoms with Crippen molar-refractivity contribution in [2.75, 3.05) is 0 Å². The second-order valence-electron chi connectivity index (χ2n) is 3.79. The minimum Gasteiger partial charge on any atom is -0.294 e. The molecule has 0 aliphatic heterocycles. The lowest BCUT2D eigenvalue weighted by molar-refractivity contribution is -0.124. The summed E-state index contributed by atoms with van der Waals surface area (Å²) in [5.74, 6) is 12.0. The van der Waals surface area contributed by atoms with Gasteiger partial charge in [0, 0.05) is 12.8 Å². The molecule has 0 spiro atoms. The van der Waals surface area contributed by atoms with Gasteiger partial charge in [-0.3, -0.25) is 4.79 Å². The van der Waals surface area contributed by atoms with E-state index in [1.807, 2.05) is 19.9 Å². The fourth-order valence-corrected chi connectivity index (χ4v) is 1.78. The zero-order valence-corrected chi connectivity index (χ0v) is 9.39. The quantitative estimate of drug-likeness (QED) is 0.626. The van der Waals surface area contributed by atoms with Gasteiger partial charge in [0.2, 0.25) is 0 Å². The Kier molecular flexibility index (Phi) is 4.19. The van der Waals surface area contributed by atoms with Crippen LogP contribution in [0.1, 0.15) is 39.5 Å². The number of carbonyl (C=O) groups excluding carboxylic acids is 1. The summed E-state index contributed by atoms with van der Waals surface area (Å²) in [6, 6.07) is 0. The molecule has 0 fully saturated rings. The first-order chi connectivity index (χ1) is 7.25. The number of rotatable bonds is 2. The Morgan fingerprint density at radius 2 is 1.87 bits per heavy atom. The molecule has 1 nitrogen and oxygen atoms in total. The molecule has 0 bridgehead atoms. The van der Waals surface area contributed by atoms with Gasteiger partial charge in [0.25, 0.3) is 0 Å². The van der Waals surface area contributed by atoms with Crippen molar-refractivity contribution in [2.24, 2.45) is 5.41 Å². The standard InChI is InChI=1S/C14H16O/c1-3-5-10-14(11-6-4-2)12-8-7-9-13(14)15/h7,9H,8,10-12H2,1-2H3. The molecule has 1 aliphatic carbocycles. The maximum absolute atomic E-state index is 11.9. The summed E-state index contributed by atoms with van der Waals surface area (Å²) in [6.45, 7) is 3.62. The first kappa shape index (κ1) is 11.6. The minimum absolute atomic E-state index is 0.194. The second kappa shape index (κ2) is 5.42. The van der Waals surface area contributed by atoms with E-state index in [0.29, 0.717) is 12.8 Å². The Hall–Kier alpha value is -1.47. The van der Waals surface area contributed by atoms with Crippen molar-refractivity contribution in [3.63, 3.8) is 0 Å². The molecule has 0 radical (unpaired) electrons. The van der Waals surface area contributed by atoms with Gasteiger partial charge in [-0.25, -0.2) is 0 Å². The Morgan fingerprint density at radius 1 is 1.27 bits per heavy atom. The maximum Gasteiger partial charge on any atom is 0.163 e. The van der Waals surface area contributed by atoms with E-state index in [9.17, 15) is 4.79 Å². The van der Waals surface area contributed by atoms with Gasteiger partial charge in [-0.05, 0) is 32.8 Å². The molecule has 0 amide bonds. The van der Waals surface area contributed by atoms with E-state index in [4.69, 9.17) is 0 Å². The van der Waals surface area contributed by atoms with Crippen molar-refractivity contribution in [3.8, 4) is 23.7 Å². The molecule has 15 heavy (non-hydrogen) atoms. The fourth-order valence-electron chi connectivity index (χ4n) is 1.78. The molecule has 1 heteroatoms. The first-order valence-corrected chi connectivity index (χ1v) is 5.25. The third-order valence-electron chi connectivity index (χ3n) is 2.79. The van der Waals surface area contributed by atoms with Gasteiger partial charge < -0.3 is 0 Å². The molecule has 0 atom stereocenters. The van der Waals surface area contributed by atoms with Crippen LogP contribution >= 0.6 is 0 Å². The molecule has 78 valence electrons. The van der Waals surface area contributed by atoms with E-state index in [0.717, 1.165) is 12.8 Å². The average Bonchev–Trinajstić information content (AvgIpc) is 2.27. The fraction of sp³-hybridized carbons (Fsp3) is 0.500. The normalized spacial score (nSPS) is 17.3. The lowest BCUT2D eigenvalue weighted by Gasteiger charge is -2.29. The molecule has 0 aromatic carbocycles. The van der Waals surface area contributed by atoms with Crippen LogP contribution in [0.5, 0.6) is 0 Å². The highest BCUT2D eigenvalue weighted by Gasteiger charge is 2.36. The van der Waals surface area contributed by atoms with Crippen molar-refractivity contribution in [1.82, 2.24) is 0 Å². The summed E-state index contributed by atoms with van der Waals surface area (Å²) in [4.78, 5) is 11.9. The smallest absolute Gasteiger partial charge is 0.163 e. The van der Waals surface area contributed by atoms with Crippen LogP contribution < -0.4 is 0 Å². The van der Waals surface area contributed by atoms with Gasteiger partial charge in [-0.15, -0.1) is 23.7 Å². The molecule has 0 saturated heterocycles. The van der Waals surface area contributed by atoms with Crippen LogP contribution in [-0.4, -0.2) is 5.78 Å². The molecule has 0 saturated carbocycles. The molecular weight excluding hydrogens is 184 g/mol. The SMILES string of the molecule is CC#CCC1(CC#CC)CCC=CC1=O. The molecule has 0 aromatic heterocycles. The monoisotopic (exact) mass is 200 g/mol. The molecule has 0 aromatic rings. The zero-order valence-electron chi connectivity index (χ0n) is 9.39. The van der Waals surface area contributed by atoms with Crippen LogP contribution in [0.4, 0.5) is 0 Å². The Morgan fingerprint density at radius 3 is 2.33 bits per heavy atom. The van der Waals surface area contributed by atoms with Crippen molar-refractivity contribution in [3.05, 3.63) is 12.2 Å². The van der Waals surface area contributed by atoms with E-state index in [-0.39, 0.29) is 11.2 Å². The lowest BCUT2D eigenvalue weighted by atomic mass is 9.71. The average molecular weight is 200 g/mol. The van der Waals surface area contributed by atoms with Crippen molar-refractivity contribution in [2.45, 2.75) is 39.5 Å².